The van der Waals surface area contributed by atoms with Gasteiger partial charge in [0.05, 0.1) is 17.7 Å². The van der Waals surface area contributed by atoms with E-state index in [1.54, 1.807) is 29.0 Å². The number of hydrogen-bond donors (Lipinski definition) is 1. The highest BCUT2D eigenvalue weighted by atomic mass is 32.2. The molecule has 2 aromatic heterocycles. The zero-order chi connectivity index (χ0) is 23.6. The number of carbonyl (C=O) groups excluding carboxylic acids is 2. The lowest BCUT2D eigenvalue weighted by Crippen LogP contribution is -2.46. The minimum absolute atomic E-state index is 0.0155. The number of carbonyl (C=O) groups is 2. The molecule has 1 N–H and O–H groups in total. The lowest BCUT2D eigenvalue weighted by Gasteiger charge is -2.23. The van der Waals surface area contributed by atoms with Crippen molar-refractivity contribution < 1.29 is 9.59 Å². The van der Waals surface area contributed by atoms with E-state index in [9.17, 15) is 14.4 Å². The standard InChI is InChI=1S/C23H32N4O3S2/c1-7-10-27-21(30)19-15-9-8-14(2)11-16(15)32-20(19)24-22(27)31-13-18(29)26(6)12-17(28)25-23(3,4)5/h7,14H,1,8-13H2,2-6H3,(H,25,28). The van der Waals surface area contributed by atoms with Crippen molar-refractivity contribution in [2.75, 3.05) is 19.3 Å². The van der Waals surface area contributed by atoms with Crippen molar-refractivity contribution in [3.63, 3.8) is 0 Å². The number of hydrogen-bond acceptors (Lipinski definition) is 6. The van der Waals surface area contributed by atoms with Gasteiger partial charge in [-0.15, -0.1) is 17.9 Å². The van der Waals surface area contributed by atoms with Crippen molar-refractivity contribution in [2.45, 2.75) is 64.2 Å². The molecule has 32 heavy (non-hydrogen) atoms. The number of thiophene rings is 1. The molecule has 1 aliphatic rings. The summed E-state index contributed by atoms with van der Waals surface area (Å²) in [6, 6.07) is 0. The van der Waals surface area contributed by atoms with E-state index >= 15 is 0 Å². The maximum absolute atomic E-state index is 13.3. The molecule has 0 radical (unpaired) electrons. The predicted molar refractivity (Wildman–Crippen MR) is 132 cm³/mol. The Morgan fingerprint density at radius 1 is 1.41 bits per heavy atom. The molecule has 2 heterocycles. The monoisotopic (exact) mass is 476 g/mol. The number of thioether (sulfide) groups is 1. The van der Waals surface area contributed by atoms with Crippen LogP contribution in [0.5, 0.6) is 0 Å². The smallest absolute Gasteiger partial charge is 0.263 e. The Morgan fingerprint density at radius 3 is 2.78 bits per heavy atom. The first kappa shape index (κ1) is 24.5. The highest BCUT2D eigenvalue weighted by Crippen LogP contribution is 2.36. The molecule has 0 spiro atoms. The molecule has 1 unspecified atom stereocenters. The second-order valence-corrected chi connectivity index (χ2v) is 11.5. The van der Waals surface area contributed by atoms with Crippen LogP contribution in [0.4, 0.5) is 0 Å². The van der Waals surface area contributed by atoms with Crippen LogP contribution in [0.3, 0.4) is 0 Å². The summed E-state index contributed by atoms with van der Waals surface area (Å²) in [6.07, 6.45) is 4.65. The Kier molecular flexibility index (Phi) is 7.50. The summed E-state index contributed by atoms with van der Waals surface area (Å²) in [4.78, 5) is 46.3. The average Bonchev–Trinajstić information content (AvgIpc) is 3.04. The number of likely N-dealkylation sites (N-methyl/N-ethyl adjacent to an activating group) is 1. The molecule has 0 saturated carbocycles. The zero-order valence-electron chi connectivity index (χ0n) is 19.5. The highest BCUT2D eigenvalue weighted by Gasteiger charge is 2.25. The maximum Gasteiger partial charge on any atom is 0.263 e. The number of aryl methyl sites for hydroxylation is 1. The molecule has 1 atom stereocenters. The molecule has 9 heteroatoms. The number of nitrogens with zero attached hydrogens (tertiary/aromatic N) is 3. The molecule has 3 rings (SSSR count). The van der Waals surface area contributed by atoms with E-state index in [1.807, 2.05) is 20.8 Å². The fourth-order valence-corrected chi connectivity index (χ4v) is 6.18. The largest absolute Gasteiger partial charge is 0.350 e. The van der Waals surface area contributed by atoms with Crippen LogP contribution in [-0.4, -0.2) is 51.1 Å². The van der Waals surface area contributed by atoms with E-state index in [2.05, 4.69) is 18.8 Å². The molecule has 0 fully saturated rings. The normalized spacial score (nSPS) is 16.0. The van der Waals surface area contributed by atoms with Crippen LogP contribution in [0, 0.1) is 5.92 Å². The van der Waals surface area contributed by atoms with Gasteiger partial charge >= 0.3 is 0 Å². The number of fused-ring (bicyclic) bond motifs is 3. The molecule has 0 aromatic carbocycles. The average molecular weight is 477 g/mol. The fraction of sp³-hybridized carbons (Fsp3) is 0.565. The Hall–Kier alpha value is -2.13. The van der Waals surface area contributed by atoms with Gasteiger partial charge in [-0.1, -0.05) is 24.8 Å². The third-order valence-corrected chi connectivity index (χ3v) is 7.45. The molecule has 174 valence electrons. The number of nitrogens with one attached hydrogen (secondary N) is 1. The van der Waals surface area contributed by atoms with Crippen molar-refractivity contribution in [3.8, 4) is 0 Å². The fourth-order valence-electron chi connectivity index (χ4n) is 3.80. The summed E-state index contributed by atoms with van der Waals surface area (Å²) in [5.41, 5.74) is 0.735. The number of amides is 2. The van der Waals surface area contributed by atoms with Crippen LogP contribution in [-0.2, 0) is 29.0 Å². The van der Waals surface area contributed by atoms with Gasteiger partial charge in [0.15, 0.2) is 5.16 Å². The summed E-state index contributed by atoms with van der Waals surface area (Å²) in [7, 11) is 1.60. The second kappa shape index (κ2) is 9.79. The summed E-state index contributed by atoms with van der Waals surface area (Å²) in [5, 5.41) is 4.09. The minimum atomic E-state index is -0.354. The van der Waals surface area contributed by atoms with E-state index in [0.717, 1.165) is 35.0 Å². The molecule has 0 bridgehead atoms. The van der Waals surface area contributed by atoms with E-state index in [-0.39, 0.29) is 35.2 Å². The van der Waals surface area contributed by atoms with Gasteiger partial charge in [-0.05, 0) is 51.5 Å². The third kappa shape index (κ3) is 5.61. The van der Waals surface area contributed by atoms with E-state index in [1.165, 1.54) is 21.5 Å². The van der Waals surface area contributed by atoms with Crippen LogP contribution in [0.15, 0.2) is 22.6 Å². The Morgan fingerprint density at radius 2 is 2.12 bits per heavy atom. The van der Waals surface area contributed by atoms with Crippen molar-refractivity contribution in [2.24, 2.45) is 5.92 Å². The van der Waals surface area contributed by atoms with E-state index in [4.69, 9.17) is 4.98 Å². The summed E-state index contributed by atoms with van der Waals surface area (Å²) in [5.74, 6) is 0.303. The predicted octanol–water partition coefficient (Wildman–Crippen LogP) is 3.23. The Labute approximate surface area is 197 Å². The van der Waals surface area contributed by atoms with Gasteiger partial charge in [-0.2, -0.15) is 0 Å². The lowest BCUT2D eigenvalue weighted by molar-refractivity contribution is -0.133. The Bertz CT molecular complexity index is 1100. The van der Waals surface area contributed by atoms with Crippen molar-refractivity contribution >= 4 is 45.1 Å². The molecular weight excluding hydrogens is 444 g/mol. The van der Waals surface area contributed by atoms with E-state index < -0.39 is 0 Å². The van der Waals surface area contributed by atoms with Gasteiger partial charge in [0.25, 0.3) is 5.56 Å². The summed E-state index contributed by atoms with van der Waals surface area (Å²) >= 11 is 2.83. The number of allylic oxidation sites excluding steroid dienone is 1. The van der Waals surface area contributed by atoms with Crippen molar-refractivity contribution in [3.05, 3.63) is 33.4 Å². The summed E-state index contributed by atoms with van der Waals surface area (Å²) < 4.78 is 1.60. The molecule has 2 aromatic rings. The Balaban J connectivity index is 1.80. The van der Waals surface area contributed by atoms with Crippen LogP contribution in [0.1, 0.15) is 44.6 Å². The SMILES string of the molecule is C=CCn1c(SCC(=O)N(C)CC(=O)NC(C)(C)C)nc2sc3c(c2c1=O)CCC(C)C3. The zero-order valence-corrected chi connectivity index (χ0v) is 21.1. The van der Waals surface area contributed by atoms with Crippen molar-refractivity contribution in [1.82, 2.24) is 19.8 Å². The third-order valence-electron chi connectivity index (χ3n) is 5.34. The number of rotatable bonds is 7. The summed E-state index contributed by atoms with van der Waals surface area (Å²) in [6.45, 7) is 12.0. The van der Waals surface area contributed by atoms with Crippen LogP contribution in [0.25, 0.3) is 10.2 Å². The van der Waals surface area contributed by atoms with Gasteiger partial charge in [-0.3, -0.25) is 19.0 Å². The van der Waals surface area contributed by atoms with Gasteiger partial charge in [-0.25, -0.2) is 4.98 Å². The highest BCUT2D eigenvalue weighted by molar-refractivity contribution is 7.99. The van der Waals surface area contributed by atoms with Crippen LogP contribution in [0.2, 0.25) is 0 Å². The topological polar surface area (TPSA) is 84.3 Å². The van der Waals surface area contributed by atoms with E-state index in [0.29, 0.717) is 17.6 Å². The van der Waals surface area contributed by atoms with Crippen molar-refractivity contribution in [1.29, 1.82) is 0 Å². The van der Waals surface area contributed by atoms with Crippen LogP contribution >= 0.6 is 23.1 Å². The molecule has 0 aliphatic heterocycles. The second-order valence-electron chi connectivity index (χ2n) is 9.47. The molecular formula is C23H32N4O3S2. The first-order valence-electron chi connectivity index (χ1n) is 10.8. The molecule has 0 saturated heterocycles. The lowest BCUT2D eigenvalue weighted by atomic mass is 9.89. The molecule has 7 nitrogen and oxygen atoms in total. The first-order chi connectivity index (χ1) is 15.0. The molecule has 1 aliphatic carbocycles. The quantitative estimate of drug-likeness (QED) is 0.377. The van der Waals surface area contributed by atoms with Gasteiger partial charge in [0, 0.05) is 24.0 Å². The molecule has 2 amide bonds. The van der Waals surface area contributed by atoms with Crippen LogP contribution < -0.4 is 10.9 Å². The minimum Gasteiger partial charge on any atom is -0.350 e. The van der Waals surface area contributed by atoms with Gasteiger partial charge < -0.3 is 10.2 Å². The van der Waals surface area contributed by atoms with Gasteiger partial charge in [0.1, 0.15) is 4.83 Å². The number of aromatic nitrogens is 2. The maximum atomic E-state index is 13.3. The van der Waals surface area contributed by atoms with Gasteiger partial charge in [0.2, 0.25) is 11.8 Å². The first-order valence-corrected chi connectivity index (χ1v) is 12.6.